The van der Waals surface area contributed by atoms with Crippen molar-refractivity contribution in [2.45, 2.75) is 20.4 Å². The van der Waals surface area contributed by atoms with E-state index in [0.717, 1.165) is 11.1 Å². The molecular formula is C14H17NO4. The molecule has 1 rings (SSSR count). The van der Waals surface area contributed by atoms with Gasteiger partial charge in [0.15, 0.2) is 0 Å². The van der Waals surface area contributed by atoms with Gasteiger partial charge in [0, 0.05) is 11.6 Å². The average Bonchev–Trinajstić information content (AvgIpc) is 2.37. The number of esters is 1. The fourth-order valence-electron chi connectivity index (χ4n) is 1.51. The third kappa shape index (κ3) is 5.33. The number of hydrogen-bond donors (Lipinski definition) is 0. The Morgan fingerprint density at radius 2 is 2.21 bits per heavy atom. The standard InChI is InChI=1S/C14H17NO4/c1-3-18-14(16)5-4-8-19-13-7-6-11(2)9-12(13)10-15-17/h4-7,9H,3,8,10H2,1-2H3. The number of carbonyl (C=O) groups excluding carboxylic acids is 1. The lowest BCUT2D eigenvalue weighted by molar-refractivity contribution is -0.137. The van der Waals surface area contributed by atoms with E-state index in [9.17, 15) is 9.70 Å². The van der Waals surface area contributed by atoms with Crippen LogP contribution < -0.4 is 4.74 Å². The predicted octanol–water partition coefficient (Wildman–Crippen LogP) is 2.76. The van der Waals surface area contributed by atoms with Crippen LogP contribution in [-0.2, 0) is 16.1 Å². The van der Waals surface area contributed by atoms with Crippen molar-refractivity contribution in [1.29, 1.82) is 0 Å². The third-order valence-corrected chi connectivity index (χ3v) is 2.33. The van der Waals surface area contributed by atoms with Gasteiger partial charge in [-0.25, -0.2) is 4.79 Å². The minimum absolute atomic E-state index is 0.0681. The number of nitrogens with zero attached hydrogens (tertiary/aromatic N) is 1. The van der Waals surface area contributed by atoms with Crippen molar-refractivity contribution in [3.8, 4) is 5.75 Å². The van der Waals surface area contributed by atoms with Crippen molar-refractivity contribution in [2.75, 3.05) is 13.2 Å². The molecule has 1 aromatic rings. The molecule has 0 aromatic heterocycles. The molecule has 0 aliphatic carbocycles. The van der Waals surface area contributed by atoms with Crippen LogP contribution in [0, 0.1) is 11.8 Å². The Morgan fingerprint density at radius 3 is 2.89 bits per heavy atom. The van der Waals surface area contributed by atoms with Crippen molar-refractivity contribution in [2.24, 2.45) is 5.18 Å². The van der Waals surface area contributed by atoms with Gasteiger partial charge in [-0.15, -0.1) is 0 Å². The van der Waals surface area contributed by atoms with Gasteiger partial charge < -0.3 is 9.47 Å². The van der Waals surface area contributed by atoms with E-state index in [2.05, 4.69) is 5.18 Å². The summed E-state index contributed by atoms with van der Waals surface area (Å²) in [6, 6.07) is 5.53. The Morgan fingerprint density at radius 1 is 1.42 bits per heavy atom. The summed E-state index contributed by atoms with van der Waals surface area (Å²) in [5.74, 6) is 0.198. The molecule has 0 heterocycles. The molecule has 5 nitrogen and oxygen atoms in total. The van der Waals surface area contributed by atoms with E-state index in [0.29, 0.717) is 12.4 Å². The van der Waals surface area contributed by atoms with Crippen molar-refractivity contribution in [3.63, 3.8) is 0 Å². The molecule has 0 spiro atoms. The molecule has 0 N–H and O–H groups in total. The van der Waals surface area contributed by atoms with E-state index < -0.39 is 5.97 Å². The quantitative estimate of drug-likeness (QED) is 0.431. The highest BCUT2D eigenvalue weighted by atomic mass is 16.5. The molecule has 1 aromatic carbocycles. The maximum atomic E-state index is 11.0. The lowest BCUT2D eigenvalue weighted by Crippen LogP contribution is -2.02. The van der Waals surface area contributed by atoms with Crippen LogP contribution in [0.15, 0.2) is 35.5 Å². The number of rotatable bonds is 7. The van der Waals surface area contributed by atoms with E-state index in [4.69, 9.17) is 9.47 Å². The normalized spacial score (nSPS) is 10.4. The largest absolute Gasteiger partial charge is 0.489 e. The number of carbonyl (C=O) groups is 1. The van der Waals surface area contributed by atoms with E-state index in [1.807, 2.05) is 19.1 Å². The summed E-state index contributed by atoms with van der Waals surface area (Å²) < 4.78 is 10.2. The molecule has 0 atom stereocenters. The Hall–Kier alpha value is -2.17. The molecule has 0 saturated heterocycles. The first-order valence-electron chi connectivity index (χ1n) is 6.02. The summed E-state index contributed by atoms with van der Waals surface area (Å²) in [5.41, 5.74) is 1.77. The second-order valence-corrected chi connectivity index (χ2v) is 3.86. The zero-order valence-corrected chi connectivity index (χ0v) is 11.1. The van der Waals surface area contributed by atoms with Gasteiger partial charge in [-0.3, -0.25) is 0 Å². The molecule has 0 aliphatic heterocycles. The Labute approximate surface area is 112 Å². The summed E-state index contributed by atoms with van der Waals surface area (Å²) in [5, 5.41) is 2.87. The monoisotopic (exact) mass is 263 g/mol. The highest BCUT2D eigenvalue weighted by Gasteiger charge is 2.03. The van der Waals surface area contributed by atoms with E-state index >= 15 is 0 Å². The second kappa shape index (κ2) is 8.02. The van der Waals surface area contributed by atoms with Crippen molar-refractivity contribution >= 4 is 5.97 Å². The van der Waals surface area contributed by atoms with Crippen molar-refractivity contribution in [3.05, 3.63) is 46.4 Å². The van der Waals surface area contributed by atoms with Crippen LogP contribution in [0.3, 0.4) is 0 Å². The topological polar surface area (TPSA) is 65.0 Å². The van der Waals surface area contributed by atoms with Gasteiger partial charge in [-0.05, 0) is 26.0 Å². The van der Waals surface area contributed by atoms with Crippen molar-refractivity contribution < 1.29 is 14.3 Å². The average molecular weight is 263 g/mol. The number of aryl methyl sites for hydroxylation is 1. The molecule has 0 radical (unpaired) electrons. The van der Waals surface area contributed by atoms with Crippen LogP contribution in [0.25, 0.3) is 0 Å². The number of hydrogen-bond acceptors (Lipinski definition) is 5. The zero-order valence-electron chi connectivity index (χ0n) is 11.1. The first kappa shape index (κ1) is 14.9. The van der Waals surface area contributed by atoms with E-state index in [1.54, 1.807) is 19.1 Å². The SMILES string of the molecule is CCOC(=O)C=CCOc1ccc(C)cc1CN=O. The summed E-state index contributed by atoms with van der Waals surface area (Å²) in [4.78, 5) is 21.4. The summed E-state index contributed by atoms with van der Waals surface area (Å²) in [6.07, 6.45) is 2.88. The van der Waals surface area contributed by atoms with Gasteiger partial charge in [-0.1, -0.05) is 22.9 Å². The second-order valence-electron chi connectivity index (χ2n) is 3.86. The van der Waals surface area contributed by atoms with Crippen LogP contribution in [-0.4, -0.2) is 19.2 Å². The summed E-state index contributed by atoms with van der Waals surface area (Å²) in [7, 11) is 0. The lowest BCUT2D eigenvalue weighted by Gasteiger charge is -2.08. The third-order valence-electron chi connectivity index (χ3n) is 2.33. The van der Waals surface area contributed by atoms with Gasteiger partial charge >= 0.3 is 5.97 Å². The molecular weight excluding hydrogens is 246 g/mol. The van der Waals surface area contributed by atoms with Gasteiger partial charge in [0.05, 0.1) is 6.61 Å². The lowest BCUT2D eigenvalue weighted by atomic mass is 10.1. The molecule has 0 bridgehead atoms. The van der Waals surface area contributed by atoms with Crippen LogP contribution in [0.1, 0.15) is 18.1 Å². The molecule has 0 aliphatic rings. The molecule has 102 valence electrons. The smallest absolute Gasteiger partial charge is 0.330 e. The highest BCUT2D eigenvalue weighted by molar-refractivity contribution is 5.81. The van der Waals surface area contributed by atoms with Gasteiger partial charge in [0.25, 0.3) is 0 Å². The summed E-state index contributed by atoms with van der Waals surface area (Å²) in [6.45, 7) is 4.31. The summed E-state index contributed by atoms with van der Waals surface area (Å²) >= 11 is 0. The van der Waals surface area contributed by atoms with Crippen LogP contribution in [0.4, 0.5) is 0 Å². The van der Waals surface area contributed by atoms with Crippen LogP contribution in [0.2, 0.25) is 0 Å². The Bertz CT molecular complexity index is 469. The zero-order chi connectivity index (χ0) is 14.1. The molecule has 0 saturated carbocycles. The van der Waals surface area contributed by atoms with Gasteiger partial charge in [0.1, 0.15) is 18.9 Å². The van der Waals surface area contributed by atoms with Crippen LogP contribution >= 0.6 is 0 Å². The molecule has 0 fully saturated rings. The van der Waals surface area contributed by atoms with Crippen molar-refractivity contribution in [1.82, 2.24) is 0 Å². The number of benzene rings is 1. The highest BCUT2D eigenvalue weighted by Crippen LogP contribution is 2.20. The number of ether oxygens (including phenoxy) is 2. The Kier molecular flexibility index (Phi) is 6.29. The maximum absolute atomic E-state index is 11.0. The molecule has 0 unspecified atom stereocenters. The van der Waals surface area contributed by atoms with E-state index in [-0.39, 0.29) is 13.2 Å². The predicted molar refractivity (Wildman–Crippen MR) is 71.9 cm³/mol. The molecule has 5 heteroatoms. The molecule has 19 heavy (non-hydrogen) atoms. The fraction of sp³-hybridized carbons (Fsp3) is 0.357. The number of nitroso groups, excluding NO2 is 1. The van der Waals surface area contributed by atoms with Gasteiger partial charge in [0.2, 0.25) is 0 Å². The Balaban J connectivity index is 2.57. The van der Waals surface area contributed by atoms with Crippen LogP contribution in [0.5, 0.6) is 5.75 Å². The van der Waals surface area contributed by atoms with Gasteiger partial charge in [-0.2, -0.15) is 4.91 Å². The minimum Gasteiger partial charge on any atom is -0.489 e. The fourth-order valence-corrected chi connectivity index (χ4v) is 1.51. The first-order valence-corrected chi connectivity index (χ1v) is 6.02. The maximum Gasteiger partial charge on any atom is 0.330 e. The molecule has 0 amide bonds. The minimum atomic E-state index is -0.398. The first-order chi connectivity index (χ1) is 9.17. The van der Waals surface area contributed by atoms with E-state index in [1.165, 1.54) is 6.08 Å².